The maximum absolute atomic E-state index is 11.2. The van der Waals surface area contributed by atoms with Crippen LogP contribution in [0, 0.1) is 0 Å². The van der Waals surface area contributed by atoms with E-state index in [0.29, 0.717) is 6.42 Å². The Morgan fingerprint density at radius 3 is 2.45 bits per heavy atom. The number of rotatable bonds is 3. The fourth-order valence-electron chi connectivity index (χ4n) is 0.343. The molecule has 0 aromatic rings. The van der Waals surface area contributed by atoms with E-state index in [9.17, 15) is 4.55 Å². The van der Waals surface area contributed by atoms with Crippen LogP contribution >= 0.6 is 0 Å². The number of hydrogen-bond acceptors (Lipinski definition) is 2. The van der Waals surface area contributed by atoms with Crippen molar-refractivity contribution in [3.63, 3.8) is 0 Å². The van der Waals surface area contributed by atoms with Gasteiger partial charge in [-0.1, -0.05) is 10.5 Å². The SMILES string of the molecule is C=CC/C=N/[S@@+]([O-])C(C)(C)C. The van der Waals surface area contributed by atoms with Gasteiger partial charge in [-0.2, -0.15) is 0 Å². The van der Waals surface area contributed by atoms with Gasteiger partial charge in [0.1, 0.15) is 16.1 Å². The van der Waals surface area contributed by atoms with Gasteiger partial charge in [-0.05, 0) is 20.8 Å². The van der Waals surface area contributed by atoms with Gasteiger partial charge in [-0.15, -0.1) is 6.58 Å². The van der Waals surface area contributed by atoms with Crippen LogP contribution in [0.3, 0.4) is 0 Å². The normalized spacial score (nSPS) is 15.3. The van der Waals surface area contributed by atoms with Gasteiger partial charge in [0.15, 0.2) is 0 Å². The number of allylic oxidation sites excluding steroid dienone is 1. The topological polar surface area (TPSA) is 35.4 Å². The highest BCUT2D eigenvalue weighted by molar-refractivity contribution is 7.91. The summed E-state index contributed by atoms with van der Waals surface area (Å²) in [7, 11) is 0. The van der Waals surface area contributed by atoms with E-state index in [2.05, 4.69) is 11.0 Å². The molecule has 0 aromatic carbocycles. The molecule has 0 rings (SSSR count). The van der Waals surface area contributed by atoms with E-state index in [0.717, 1.165) is 0 Å². The molecule has 0 N–H and O–H groups in total. The van der Waals surface area contributed by atoms with Crippen molar-refractivity contribution in [1.29, 1.82) is 0 Å². The van der Waals surface area contributed by atoms with E-state index in [1.54, 1.807) is 12.3 Å². The molecule has 0 amide bonds. The highest BCUT2D eigenvalue weighted by Crippen LogP contribution is 2.16. The van der Waals surface area contributed by atoms with Crippen molar-refractivity contribution >= 4 is 17.6 Å². The third-order valence-electron chi connectivity index (χ3n) is 0.966. The molecule has 0 saturated carbocycles. The zero-order valence-corrected chi connectivity index (χ0v) is 8.15. The molecule has 0 radical (unpaired) electrons. The summed E-state index contributed by atoms with van der Waals surface area (Å²) in [5, 5.41) is 0. The van der Waals surface area contributed by atoms with E-state index < -0.39 is 11.4 Å². The van der Waals surface area contributed by atoms with Crippen LogP contribution in [-0.4, -0.2) is 15.5 Å². The first kappa shape index (κ1) is 10.7. The van der Waals surface area contributed by atoms with Crippen molar-refractivity contribution in [2.75, 3.05) is 0 Å². The van der Waals surface area contributed by atoms with E-state index in [4.69, 9.17) is 0 Å². The standard InChI is InChI=1S/C8H15NOS/c1-5-6-7-9-11(10)8(2,3)4/h5,7H,1,6H2,2-4H3/b9-7+/t11-/m0/s1. The molecule has 0 saturated heterocycles. The Bertz CT molecular complexity index is 149. The second-order valence-corrected chi connectivity index (χ2v) is 5.11. The lowest BCUT2D eigenvalue weighted by atomic mass is 10.3. The average Bonchev–Trinajstić information content (AvgIpc) is 1.86. The van der Waals surface area contributed by atoms with Gasteiger partial charge >= 0.3 is 0 Å². The second kappa shape index (κ2) is 4.57. The quantitative estimate of drug-likeness (QED) is 0.365. The second-order valence-electron chi connectivity index (χ2n) is 3.17. The molecule has 0 bridgehead atoms. The fraction of sp³-hybridized carbons (Fsp3) is 0.625. The highest BCUT2D eigenvalue weighted by Gasteiger charge is 2.25. The van der Waals surface area contributed by atoms with Crippen molar-refractivity contribution in [2.45, 2.75) is 31.9 Å². The van der Waals surface area contributed by atoms with Crippen LogP contribution in [0.2, 0.25) is 0 Å². The maximum Gasteiger partial charge on any atom is 0.144 e. The van der Waals surface area contributed by atoms with Gasteiger partial charge in [0, 0.05) is 6.42 Å². The van der Waals surface area contributed by atoms with E-state index in [1.807, 2.05) is 20.8 Å². The van der Waals surface area contributed by atoms with Gasteiger partial charge in [-0.25, -0.2) is 0 Å². The molecule has 0 aliphatic rings. The van der Waals surface area contributed by atoms with Crippen LogP contribution in [0.4, 0.5) is 0 Å². The molecule has 2 nitrogen and oxygen atoms in total. The summed E-state index contributed by atoms with van der Waals surface area (Å²) in [5.74, 6) is 0. The molecule has 0 aliphatic carbocycles. The predicted octanol–water partition coefficient (Wildman–Crippen LogP) is 2.10. The van der Waals surface area contributed by atoms with E-state index in [-0.39, 0.29) is 4.75 Å². The minimum atomic E-state index is -1.12. The molecule has 0 spiro atoms. The Balaban J connectivity index is 3.86. The average molecular weight is 173 g/mol. The van der Waals surface area contributed by atoms with Gasteiger partial charge < -0.3 is 4.55 Å². The van der Waals surface area contributed by atoms with E-state index >= 15 is 0 Å². The van der Waals surface area contributed by atoms with Crippen molar-refractivity contribution in [3.8, 4) is 0 Å². The zero-order chi connectivity index (χ0) is 8.91. The van der Waals surface area contributed by atoms with Gasteiger partial charge in [-0.3, -0.25) is 0 Å². The molecule has 0 unspecified atom stereocenters. The number of hydrogen-bond donors (Lipinski definition) is 0. The summed E-state index contributed by atoms with van der Waals surface area (Å²) in [6.45, 7) is 9.22. The first-order valence-electron chi connectivity index (χ1n) is 3.54. The molecule has 1 atom stereocenters. The molecule has 0 heterocycles. The monoisotopic (exact) mass is 173 g/mol. The summed E-state index contributed by atoms with van der Waals surface area (Å²) in [6, 6.07) is 0. The number of nitrogens with zero attached hydrogens (tertiary/aromatic N) is 1. The van der Waals surface area contributed by atoms with Crippen molar-refractivity contribution < 1.29 is 4.55 Å². The van der Waals surface area contributed by atoms with Crippen molar-refractivity contribution in [3.05, 3.63) is 12.7 Å². The largest absolute Gasteiger partial charge is 0.591 e. The van der Waals surface area contributed by atoms with Crippen LogP contribution in [0.25, 0.3) is 0 Å². The van der Waals surface area contributed by atoms with E-state index in [1.165, 1.54) is 0 Å². The lowest BCUT2D eigenvalue weighted by Gasteiger charge is -2.17. The Morgan fingerprint density at radius 2 is 2.09 bits per heavy atom. The Hall–Kier alpha value is -0.280. The summed E-state index contributed by atoms with van der Waals surface area (Å²) >= 11 is -1.12. The van der Waals surface area contributed by atoms with Gasteiger partial charge in [0.05, 0.1) is 6.21 Å². The fourth-order valence-corrected chi connectivity index (χ4v) is 0.881. The third-order valence-corrected chi connectivity index (χ3v) is 2.35. The highest BCUT2D eigenvalue weighted by atomic mass is 32.2. The molecule has 11 heavy (non-hydrogen) atoms. The smallest absolute Gasteiger partial charge is 0.144 e. The molecule has 3 heteroatoms. The molecule has 0 aromatic heterocycles. The first-order valence-corrected chi connectivity index (χ1v) is 4.64. The van der Waals surface area contributed by atoms with Gasteiger partial charge in [0.25, 0.3) is 0 Å². The van der Waals surface area contributed by atoms with Crippen LogP contribution in [-0.2, 0) is 11.4 Å². The zero-order valence-electron chi connectivity index (χ0n) is 7.33. The molecule has 64 valence electrons. The Morgan fingerprint density at radius 1 is 1.55 bits per heavy atom. The summed E-state index contributed by atoms with van der Waals surface area (Å²) in [6.07, 6.45) is 4.04. The minimum Gasteiger partial charge on any atom is -0.591 e. The lowest BCUT2D eigenvalue weighted by Crippen LogP contribution is -2.25. The summed E-state index contributed by atoms with van der Waals surface area (Å²) in [5.41, 5.74) is 0. The first-order chi connectivity index (χ1) is 4.98. The van der Waals surface area contributed by atoms with Crippen LogP contribution < -0.4 is 0 Å². The van der Waals surface area contributed by atoms with Crippen molar-refractivity contribution in [2.24, 2.45) is 4.40 Å². The van der Waals surface area contributed by atoms with Gasteiger partial charge in [0.2, 0.25) is 0 Å². The minimum absolute atomic E-state index is 0.252. The van der Waals surface area contributed by atoms with Crippen LogP contribution in [0.5, 0.6) is 0 Å². The molecular formula is C8H15NOS. The maximum atomic E-state index is 11.2. The molecular weight excluding hydrogens is 158 g/mol. The molecule has 0 fully saturated rings. The predicted molar refractivity (Wildman–Crippen MR) is 51.2 cm³/mol. The van der Waals surface area contributed by atoms with Crippen LogP contribution in [0.1, 0.15) is 27.2 Å². The Labute approximate surface area is 71.7 Å². The summed E-state index contributed by atoms with van der Waals surface area (Å²) < 4.78 is 14.8. The van der Waals surface area contributed by atoms with Crippen LogP contribution in [0.15, 0.2) is 17.1 Å². The summed E-state index contributed by atoms with van der Waals surface area (Å²) in [4.78, 5) is 0. The molecule has 0 aliphatic heterocycles. The third kappa shape index (κ3) is 5.04. The Kier molecular flexibility index (Phi) is 4.45. The van der Waals surface area contributed by atoms with Crippen molar-refractivity contribution in [1.82, 2.24) is 0 Å². The lowest BCUT2D eigenvalue weighted by molar-refractivity contribution is 0.561.